The summed E-state index contributed by atoms with van der Waals surface area (Å²) >= 11 is 4.25. The van der Waals surface area contributed by atoms with Gasteiger partial charge >= 0.3 is 0 Å². The molecule has 1 aliphatic heterocycles. The zero-order chi connectivity index (χ0) is 24.3. The molecular formula is C24H20BrN3O4S2. The molecule has 10 heteroatoms. The molecule has 1 saturated heterocycles. The first-order chi connectivity index (χ1) is 16.2. The Kier molecular flexibility index (Phi) is 7.20. The maximum absolute atomic E-state index is 13.3. The van der Waals surface area contributed by atoms with Crippen molar-refractivity contribution in [2.24, 2.45) is 4.40 Å². The summed E-state index contributed by atoms with van der Waals surface area (Å²) in [6, 6.07) is 22.0. The van der Waals surface area contributed by atoms with Crippen LogP contribution in [0.3, 0.4) is 0 Å². The van der Waals surface area contributed by atoms with Crippen LogP contribution in [0.4, 0.5) is 11.4 Å². The lowest BCUT2D eigenvalue weighted by Gasteiger charge is -2.16. The van der Waals surface area contributed by atoms with Crippen LogP contribution in [-0.2, 0) is 19.6 Å². The first kappa shape index (κ1) is 24.2. The highest BCUT2D eigenvalue weighted by Crippen LogP contribution is 2.35. The number of hydrogen-bond acceptors (Lipinski definition) is 5. The quantitative estimate of drug-likeness (QED) is 0.461. The highest BCUT2D eigenvalue weighted by Gasteiger charge is 2.41. The minimum absolute atomic E-state index is 0.00447. The lowest BCUT2D eigenvalue weighted by Crippen LogP contribution is -2.33. The number of amidine groups is 1. The average molecular weight is 558 g/mol. The summed E-state index contributed by atoms with van der Waals surface area (Å²) in [6.45, 7) is 1.95. The van der Waals surface area contributed by atoms with Crippen molar-refractivity contribution in [2.45, 2.75) is 23.5 Å². The summed E-state index contributed by atoms with van der Waals surface area (Å²) in [5.74, 6) is -0.750. The number of carbonyl (C=O) groups excluding carboxylic acids is 2. The molecule has 0 spiro atoms. The molecule has 1 unspecified atom stereocenters. The molecule has 2 amide bonds. The molecule has 1 fully saturated rings. The molecule has 0 aromatic heterocycles. The van der Waals surface area contributed by atoms with Gasteiger partial charge in [-0.2, -0.15) is 8.42 Å². The summed E-state index contributed by atoms with van der Waals surface area (Å²) < 4.78 is 30.6. The number of sulfonamides is 1. The van der Waals surface area contributed by atoms with Gasteiger partial charge in [-0.05, 0) is 55.5 Å². The van der Waals surface area contributed by atoms with Crippen LogP contribution in [0.5, 0.6) is 0 Å². The Hall–Kier alpha value is -2.95. The molecule has 0 aliphatic carbocycles. The van der Waals surface area contributed by atoms with Gasteiger partial charge in [-0.15, -0.1) is 4.40 Å². The lowest BCUT2D eigenvalue weighted by atomic mass is 10.2. The van der Waals surface area contributed by atoms with E-state index >= 15 is 0 Å². The van der Waals surface area contributed by atoms with E-state index in [-0.39, 0.29) is 22.4 Å². The first-order valence-corrected chi connectivity index (χ1v) is 13.4. The van der Waals surface area contributed by atoms with Crippen LogP contribution in [0.25, 0.3) is 0 Å². The second kappa shape index (κ2) is 10.1. The third-order valence-electron chi connectivity index (χ3n) is 4.97. The van der Waals surface area contributed by atoms with Gasteiger partial charge in [0.25, 0.3) is 10.0 Å². The molecule has 0 radical (unpaired) electrons. The van der Waals surface area contributed by atoms with Crippen molar-refractivity contribution in [3.05, 3.63) is 88.9 Å². The molecule has 174 valence electrons. The predicted octanol–water partition coefficient (Wildman–Crippen LogP) is 4.98. The van der Waals surface area contributed by atoms with E-state index in [1.807, 2.05) is 19.1 Å². The van der Waals surface area contributed by atoms with Crippen molar-refractivity contribution in [1.29, 1.82) is 0 Å². The highest BCUT2D eigenvalue weighted by atomic mass is 79.9. The van der Waals surface area contributed by atoms with Crippen LogP contribution in [0, 0.1) is 6.92 Å². The number of nitrogens with one attached hydrogen (secondary N) is 1. The number of thioether (sulfide) groups is 1. The first-order valence-electron chi connectivity index (χ1n) is 10.3. The van der Waals surface area contributed by atoms with Gasteiger partial charge in [-0.1, -0.05) is 63.6 Å². The van der Waals surface area contributed by atoms with Gasteiger partial charge in [0.1, 0.15) is 5.25 Å². The van der Waals surface area contributed by atoms with Crippen LogP contribution in [0.15, 0.2) is 92.6 Å². The molecule has 0 saturated carbocycles. The van der Waals surface area contributed by atoms with Gasteiger partial charge < -0.3 is 5.32 Å². The zero-order valence-electron chi connectivity index (χ0n) is 18.0. The normalized spacial score (nSPS) is 17.2. The fourth-order valence-electron chi connectivity index (χ4n) is 3.25. The number of halogens is 1. The second-order valence-electron chi connectivity index (χ2n) is 7.54. The van der Waals surface area contributed by atoms with E-state index in [0.717, 1.165) is 21.8 Å². The van der Waals surface area contributed by atoms with Crippen molar-refractivity contribution in [3.63, 3.8) is 0 Å². The fourth-order valence-corrected chi connectivity index (χ4v) is 5.85. The zero-order valence-corrected chi connectivity index (χ0v) is 21.2. The Balaban J connectivity index is 1.61. The lowest BCUT2D eigenvalue weighted by molar-refractivity contribution is -0.121. The Labute approximate surface area is 210 Å². The average Bonchev–Trinajstić information content (AvgIpc) is 3.10. The topological polar surface area (TPSA) is 95.9 Å². The second-order valence-corrected chi connectivity index (χ2v) is 11.2. The van der Waals surface area contributed by atoms with Crippen LogP contribution in [0.2, 0.25) is 0 Å². The maximum atomic E-state index is 13.3. The smallest absolute Gasteiger partial charge is 0.284 e. The number of amides is 2. The Morgan fingerprint density at radius 3 is 2.32 bits per heavy atom. The highest BCUT2D eigenvalue weighted by molar-refractivity contribution is 9.10. The standard InChI is InChI=1S/C24H20BrN3O4S2/c1-16-7-11-18(12-8-16)26-22(29)15-21-23(30)28(19-5-3-2-4-6-19)24(33-21)27-34(31,32)20-13-9-17(25)10-14-20/h2-14,21H,15H2,1H3,(H,26,29)/b27-24+. The van der Waals surface area contributed by atoms with Crippen molar-refractivity contribution in [2.75, 3.05) is 10.2 Å². The largest absolute Gasteiger partial charge is 0.326 e. The van der Waals surface area contributed by atoms with Gasteiger partial charge in [0.2, 0.25) is 11.8 Å². The molecule has 3 aromatic carbocycles. The van der Waals surface area contributed by atoms with Crippen molar-refractivity contribution >= 4 is 66.1 Å². The number of para-hydroxylation sites is 1. The number of rotatable bonds is 6. The number of carbonyl (C=O) groups is 2. The summed E-state index contributed by atoms with van der Waals surface area (Å²) in [4.78, 5) is 27.1. The van der Waals surface area contributed by atoms with Crippen LogP contribution >= 0.6 is 27.7 Å². The summed E-state index contributed by atoms with van der Waals surface area (Å²) in [5, 5.41) is 1.97. The van der Waals surface area contributed by atoms with Gasteiger partial charge in [-0.25, -0.2) is 0 Å². The third-order valence-corrected chi connectivity index (χ3v) is 8.03. The van der Waals surface area contributed by atoms with Crippen LogP contribution in [0.1, 0.15) is 12.0 Å². The van der Waals surface area contributed by atoms with E-state index in [2.05, 4.69) is 25.6 Å². The van der Waals surface area contributed by atoms with E-state index in [1.54, 1.807) is 54.6 Å². The molecular weight excluding hydrogens is 538 g/mol. The monoisotopic (exact) mass is 557 g/mol. The number of benzene rings is 3. The van der Waals surface area contributed by atoms with E-state index < -0.39 is 21.2 Å². The van der Waals surface area contributed by atoms with Gasteiger partial charge in [0, 0.05) is 16.6 Å². The Morgan fingerprint density at radius 2 is 1.68 bits per heavy atom. The molecule has 1 heterocycles. The third kappa shape index (κ3) is 5.57. The van der Waals surface area contributed by atoms with E-state index in [0.29, 0.717) is 11.4 Å². The molecule has 34 heavy (non-hydrogen) atoms. The Morgan fingerprint density at radius 1 is 1.03 bits per heavy atom. The van der Waals surface area contributed by atoms with E-state index in [4.69, 9.17) is 0 Å². The van der Waals surface area contributed by atoms with Gasteiger partial charge in [0.05, 0.1) is 10.6 Å². The van der Waals surface area contributed by atoms with Gasteiger partial charge in [0.15, 0.2) is 5.17 Å². The molecule has 1 atom stereocenters. The molecule has 7 nitrogen and oxygen atoms in total. The number of nitrogens with zero attached hydrogens (tertiary/aromatic N) is 2. The number of hydrogen-bond donors (Lipinski definition) is 1. The predicted molar refractivity (Wildman–Crippen MR) is 138 cm³/mol. The van der Waals surface area contributed by atoms with Crippen LogP contribution < -0.4 is 10.2 Å². The van der Waals surface area contributed by atoms with Crippen LogP contribution in [-0.4, -0.2) is 30.6 Å². The van der Waals surface area contributed by atoms with Gasteiger partial charge in [-0.3, -0.25) is 14.5 Å². The number of anilines is 2. The molecule has 1 aliphatic rings. The Bertz CT molecular complexity index is 1340. The van der Waals surface area contributed by atoms with Crippen molar-refractivity contribution in [1.82, 2.24) is 0 Å². The molecule has 3 aromatic rings. The minimum Gasteiger partial charge on any atom is -0.326 e. The number of aryl methyl sites for hydroxylation is 1. The van der Waals surface area contributed by atoms with E-state index in [1.165, 1.54) is 17.0 Å². The fraction of sp³-hybridized carbons (Fsp3) is 0.125. The maximum Gasteiger partial charge on any atom is 0.284 e. The molecule has 1 N–H and O–H groups in total. The minimum atomic E-state index is -4.08. The summed E-state index contributed by atoms with van der Waals surface area (Å²) in [6.07, 6.45) is -0.127. The van der Waals surface area contributed by atoms with Crippen molar-refractivity contribution < 1.29 is 18.0 Å². The van der Waals surface area contributed by atoms with Crippen molar-refractivity contribution in [3.8, 4) is 0 Å². The SMILES string of the molecule is Cc1ccc(NC(=O)CC2S/C(=N/S(=O)(=O)c3ccc(Br)cc3)N(c3ccccc3)C2=O)cc1. The van der Waals surface area contributed by atoms with E-state index in [9.17, 15) is 18.0 Å². The molecule has 4 rings (SSSR count). The molecule has 0 bridgehead atoms. The summed E-state index contributed by atoms with van der Waals surface area (Å²) in [7, 11) is -4.08. The summed E-state index contributed by atoms with van der Waals surface area (Å²) in [5.41, 5.74) is 2.16.